The number of aliphatic carboxylic acids is 1. The number of methoxy groups -OCH3 is 2. The van der Waals surface area contributed by atoms with Crippen LogP contribution in [-0.4, -0.2) is 25.3 Å². The van der Waals surface area contributed by atoms with Gasteiger partial charge in [0.25, 0.3) is 0 Å². The van der Waals surface area contributed by atoms with E-state index in [4.69, 9.17) is 14.6 Å². The maximum atomic E-state index is 10.6. The molecule has 0 heterocycles. The predicted molar refractivity (Wildman–Crippen MR) is 72.1 cm³/mol. The van der Waals surface area contributed by atoms with Gasteiger partial charge in [0.15, 0.2) is 11.5 Å². The zero-order valence-electron chi connectivity index (χ0n) is 11.4. The van der Waals surface area contributed by atoms with Crippen LogP contribution in [0.25, 0.3) is 0 Å². The van der Waals surface area contributed by atoms with Gasteiger partial charge in [-0.05, 0) is 54.9 Å². The molecule has 1 aliphatic carbocycles. The Labute approximate surface area is 113 Å². The summed E-state index contributed by atoms with van der Waals surface area (Å²) in [5, 5.41) is 8.70. The molecule has 0 bridgehead atoms. The molecule has 0 aliphatic heterocycles. The Morgan fingerprint density at radius 1 is 1.32 bits per heavy atom. The second-order valence-electron chi connectivity index (χ2n) is 4.93. The summed E-state index contributed by atoms with van der Waals surface area (Å²) in [5.74, 6) is 1.26. The third-order valence-corrected chi connectivity index (χ3v) is 3.79. The summed E-state index contributed by atoms with van der Waals surface area (Å²) < 4.78 is 10.6. The minimum atomic E-state index is -0.717. The fourth-order valence-corrected chi connectivity index (χ4v) is 2.82. The van der Waals surface area contributed by atoms with Gasteiger partial charge in [0.05, 0.1) is 14.2 Å². The van der Waals surface area contributed by atoms with Crippen LogP contribution in [0, 0.1) is 0 Å². The van der Waals surface area contributed by atoms with E-state index < -0.39 is 5.97 Å². The van der Waals surface area contributed by atoms with E-state index in [9.17, 15) is 4.79 Å². The largest absolute Gasteiger partial charge is 0.493 e. The standard InChI is InChI=1S/C15H20O4/c1-18-13-8-11-7-6-10(4-3-5-15(16)17)12(11)9-14(13)19-2/h8-10H,3-7H2,1-2H3,(H,16,17). The van der Waals surface area contributed by atoms with Crippen molar-refractivity contribution in [2.45, 2.75) is 38.0 Å². The number of fused-ring (bicyclic) bond motifs is 1. The van der Waals surface area contributed by atoms with Gasteiger partial charge in [-0.3, -0.25) is 4.79 Å². The van der Waals surface area contributed by atoms with Gasteiger partial charge in [-0.25, -0.2) is 0 Å². The molecule has 1 atom stereocenters. The third-order valence-electron chi connectivity index (χ3n) is 3.79. The highest BCUT2D eigenvalue weighted by Gasteiger charge is 2.24. The molecule has 19 heavy (non-hydrogen) atoms. The first-order valence-electron chi connectivity index (χ1n) is 6.62. The molecule has 2 rings (SSSR count). The molecule has 1 aromatic carbocycles. The first kappa shape index (κ1) is 13.7. The van der Waals surface area contributed by atoms with E-state index in [0.717, 1.165) is 37.2 Å². The van der Waals surface area contributed by atoms with Crippen molar-refractivity contribution in [3.05, 3.63) is 23.3 Å². The molecule has 0 saturated carbocycles. The smallest absolute Gasteiger partial charge is 0.303 e. The molecular weight excluding hydrogens is 244 g/mol. The lowest BCUT2D eigenvalue weighted by molar-refractivity contribution is -0.137. The number of hydrogen-bond donors (Lipinski definition) is 1. The Morgan fingerprint density at radius 2 is 2.00 bits per heavy atom. The lowest BCUT2D eigenvalue weighted by Crippen LogP contribution is -1.99. The second-order valence-corrected chi connectivity index (χ2v) is 4.93. The maximum absolute atomic E-state index is 10.6. The Balaban J connectivity index is 2.12. The molecule has 4 nitrogen and oxygen atoms in total. The molecule has 1 unspecified atom stereocenters. The van der Waals surface area contributed by atoms with Gasteiger partial charge in [-0.2, -0.15) is 0 Å². The summed E-state index contributed by atoms with van der Waals surface area (Å²) >= 11 is 0. The molecule has 0 fully saturated rings. The summed E-state index contributed by atoms with van der Waals surface area (Å²) in [7, 11) is 3.28. The van der Waals surface area contributed by atoms with E-state index in [2.05, 4.69) is 0 Å². The van der Waals surface area contributed by atoms with Crippen molar-refractivity contribution in [3.8, 4) is 11.5 Å². The topological polar surface area (TPSA) is 55.8 Å². The Kier molecular flexibility index (Phi) is 4.30. The number of hydrogen-bond acceptors (Lipinski definition) is 3. The molecule has 1 aliphatic rings. The van der Waals surface area contributed by atoms with Crippen molar-refractivity contribution in [2.75, 3.05) is 14.2 Å². The number of carboxylic acids is 1. The number of carboxylic acid groups (broad SMARTS) is 1. The van der Waals surface area contributed by atoms with Crippen LogP contribution in [0.15, 0.2) is 12.1 Å². The van der Waals surface area contributed by atoms with Gasteiger partial charge < -0.3 is 14.6 Å². The minimum Gasteiger partial charge on any atom is -0.493 e. The minimum absolute atomic E-state index is 0.249. The third kappa shape index (κ3) is 3.00. The first-order chi connectivity index (χ1) is 9.15. The molecule has 4 heteroatoms. The Bertz CT molecular complexity index is 467. The molecule has 0 saturated heterocycles. The van der Waals surface area contributed by atoms with Crippen molar-refractivity contribution in [1.82, 2.24) is 0 Å². The van der Waals surface area contributed by atoms with Crippen LogP contribution < -0.4 is 9.47 Å². The summed E-state index contributed by atoms with van der Waals surface area (Å²) in [6.07, 6.45) is 4.03. The van der Waals surface area contributed by atoms with Crippen LogP contribution >= 0.6 is 0 Å². The van der Waals surface area contributed by atoms with Crippen LogP contribution in [-0.2, 0) is 11.2 Å². The lowest BCUT2D eigenvalue weighted by Gasteiger charge is -2.14. The van der Waals surface area contributed by atoms with Crippen LogP contribution in [0.2, 0.25) is 0 Å². The molecule has 0 spiro atoms. The van der Waals surface area contributed by atoms with Crippen LogP contribution in [0.1, 0.15) is 42.7 Å². The van der Waals surface area contributed by atoms with Crippen molar-refractivity contribution in [2.24, 2.45) is 0 Å². The molecule has 104 valence electrons. The quantitative estimate of drug-likeness (QED) is 0.858. The van der Waals surface area contributed by atoms with Crippen molar-refractivity contribution < 1.29 is 19.4 Å². The Morgan fingerprint density at radius 3 is 2.63 bits per heavy atom. The highest BCUT2D eigenvalue weighted by molar-refractivity contribution is 5.66. The van der Waals surface area contributed by atoms with Gasteiger partial charge in [-0.1, -0.05) is 0 Å². The van der Waals surface area contributed by atoms with E-state index in [-0.39, 0.29) is 6.42 Å². The van der Waals surface area contributed by atoms with Gasteiger partial charge in [0, 0.05) is 6.42 Å². The fourth-order valence-electron chi connectivity index (χ4n) is 2.82. The normalized spacial score (nSPS) is 17.1. The molecule has 1 N–H and O–H groups in total. The number of aryl methyl sites for hydroxylation is 1. The zero-order valence-corrected chi connectivity index (χ0v) is 11.4. The van der Waals surface area contributed by atoms with E-state index >= 15 is 0 Å². The van der Waals surface area contributed by atoms with Crippen LogP contribution in [0.3, 0.4) is 0 Å². The van der Waals surface area contributed by atoms with Gasteiger partial charge in [0.2, 0.25) is 0 Å². The monoisotopic (exact) mass is 264 g/mol. The number of carbonyl (C=O) groups is 1. The zero-order chi connectivity index (χ0) is 13.8. The van der Waals surface area contributed by atoms with E-state index in [1.165, 1.54) is 11.1 Å². The van der Waals surface area contributed by atoms with E-state index in [1.807, 2.05) is 12.1 Å². The first-order valence-corrected chi connectivity index (χ1v) is 6.62. The average molecular weight is 264 g/mol. The fraction of sp³-hybridized carbons (Fsp3) is 0.533. The second kappa shape index (κ2) is 5.95. The number of ether oxygens (including phenoxy) is 2. The summed E-state index contributed by atoms with van der Waals surface area (Å²) in [5.41, 5.74) is 2.60. The van der Waals surface area contributed by atoms with Crippen molar-refractivity contribution >= 4 is 5.97 Å². The van der Waals surface area contributed by atoms with Crippen LogP contribution in [0.4, 0.5) is 0 Å². The van der Waals surface area contributed by atoms with Gasteiger partial charge in [-0.15, -0.1) is 0 Å². The molecule has 0 amide bonds. The SMILES string of the molecule is COc1cc2c(cc1OC)C(CCCC(=O)O)CC2. The van der Waals surface area contributed by atoms with E-state index in [0.29, 0.717) is 5.92 Å². The van der Waals surface area contributed by atoms with E-state index in [1.54, 1.807) is 14.2 Å². The summed E-state index contributed by atoms with van der Waals surface area (Å²) in [6, 6.07) is 4.10. The summed E-state index contributed by atoms with van der Waals surface area (Å²) in [6.45, 7) is 0. The number of rotatable bonds is 6. The highest BCUT2D eigenvalue weighted by Crippen LogP contribution is 2.42. The van der Waals surface area contributed by atoms with Crippen molar-refractivity contribution in [1.29, 1.82) is 0 Å². The molecule has 1 aromatic rings. The number of benzene rings is 1. The molecule has 0 radical (unpaired) electrons. The van der Waals surface area contributed by atoms with Gasteiger partial charge in [0.1, 0.15) is 0 Å². The molecular formula is C15H20O4. The van der Waals surface area contributed by atoms with Crippen molar-refractivity contribution in [3.63, 3.8) is 0 Å². The Hall–Kier alpha value is -1.71. The maximum Gasteiger partial charge on any atom is 0.303 e. The summed E-state index contributed by atoms with van der Waals surface area (Å²) in [4.78, 5) is 10.6. The lowest BCUT2D eigenvalue weighted by atomic mass is 9.95. The average Bonchev–Trinajstić information content (AvgIpc) is 2.79. The van der Waals surface area contributed by atoms with Gasteiger partial charge >= 0.3 is 5.97 Å². The van der Waals surface area contributed by atoms with Crippen LogP contribution in [0.5, 0.6) is 11.5 Å². The predicted octanol–water partition coefficient (Wildman–Crippen LogP) is 2.99. The molecule has 0 aromatic heterocycles. The highest BCUT2D eigenvalue weighted by atomic mass is 16.5.